The lowest BCUT2D eigenvalue weighted by Gasteiger charge is -2.33. The van der Waals surface area contributed by atoms with E-state index in [1.165, 1.54) is 0 Å². The molecule has 2 aliphatic rings. The van der Waals surface area contributed by atoms with Crippen LogP contribution in [0.2, 0.25) is 0 Å². The number of fused-ring (bicyclic) bond motifs is 1. The maximum absolute atomic E-state index is 11.0. The highest BCUT2D eigenvalue weighted by atomic mass is 32.2. The molecular formula is C12H12O4S. The summed E-state index contributed by atoms with van der Waals surface area (Å²) in [6.45, 7) is 1.12. The van der Waals surface area contributed by atoms with Gasteiger partial charge in [0, 0.05) is 11.0 Å². The first kappa shape index (κ1) is 10.8. The Balaban J connectivity index is 1.86. The van der Waals surface area contributed by atoms with Gasteiger partial charge in [-0.3, -0.25) is 4.79 Å². The molecule has 3 rings (SSSR count). The van der Waals surface area contributed by atoms with Crippen LogP contribution in [0.3, 0.4) is 0 Å². The molecule has 2 atom stereocenters. The van der Waals surface area contributed by atoms with Gasteiger partial charge in [-0.05, 0) is 17.7 Å². The Morgan fingerprint density at radius 3 is 2.71 bits per heavy atom. The van der Waals surface area contributed by atoms with Crippen molar-refractivity contribution in [2.24, 2.45) is 5.92 Å². The first-order valence-corrected chi connectivity index (χ1v) is 6.54. The highest BCUT2D eigenvalue weighted by Crippen LogP contribution is 2.49. The van der Waals surface area contributed by atoms with Crippen LogP contribution in [0.15, 0.2) is 18.2 Å². The van der Waals surface area contributed by atoms with Crippen molar-refractivity contribution in [1.82, 2.24) is 0 Å². The van der Waals surface area contributed by atoms with Crippen LogP contribution in [-0.2, 0) is 4.79 Å². The van der Waals surface area contributed by atoms with E-state index in [4.69, 9.17) is 14.6 Å². The van der Waals surface area contributed by atoms with Gasteiger partial charge in [0.05, 0.1) is 5.92 Å². The van der Waals surface area contributed by atoms with E-state index in [-0.39, 0.29) is 11.2 Å². The lowest BCUT2D eigenvalue weighted by atomic mass is 9.98. The third-order valence-corrected chi connectivity index (χ3v) is 4.54. The molecule has 17 heavy (non-hydrogen) atoms. The molecule has 5 heteroatoms. The fraction of sp³-hybridized carbons (Fsp3) is 0.417. The van der Waals surface area contributed by atoms with Crippen molar-refractivity contribution >= 4 is 17.7 Å². The zero-order valence-corrected chi connectivity index (χ0v) is 9.90. The fourth-order valence-electron chi connectivity index (χ4n) is 2.05. The molecule has 2 aliphatic heterocycles. The number of hydrogen-bond donors (Lipinski definition) is 1. The summed E-state index contributed by atoms with van der Waals surface area (Å²) < 4.78 is 10.9. The molecule has 0 amide bonds. The quantitative estimate of drug-likeness (QED) is 0.871. The van der Waals surface area contributed by atoms with Gasteiger partial charge in [0.25, 0.3) is 0 Å². The second kappa shape index (κ2) is 4.14. The van der Waals surface area contributed by atoms with E-state index in [0.29, 0.717) is 19.0 Å². The van der Waals surface area contributed by atoms with Crippen LogP contribution >= 0.6 is 11.8 Å². The van der Waals surface area contributed by atoms with Gasteiger partial charge in [0.1, 0.15) is 13.2 Å². The Kier molecular flexibility index (Phi) is 2.63. The van der Waals surface area contributed by atoms with Crippen molar-refractivity contribution in [3.05, 3.63) is 23.8 Å². The van der Waals surface area contributed by atoms with Crippen molar-refractivity contribution < 1.29 is 19.4 Å². The third kappa shape index (κ3) is 1.84. The van der Waals surface area contributed by atoms with Crippen molar-refractivity contribution in [2.75, 3.05) is 19.0 Å². The molecule has 0 radical (unpaired) electrons. The first-order valence-electron chi connectivity index (χ1n) is 5.49. The summed E-state index contributed by atoms with van der Waals surface area (Å²) in [5.41, 5.74) is 1.01. The van der Waals surface area contributed by atoms with E-state index in [0.717, 1.165) is 17.1 Å². The predicted molar refractivity (Wildman–Crippen MR) is 63.8 cm³/mol. The van der Waals surface area contributed by atoms with Crippen LogP contribution in [0.4, 0.5) is 0 Å². The smallest absolute Gasteiger partial charge is 0.308 e. The standard InChI is InChI=1S/C12H12O4S/c13-12(14)8-6-17-11(8)7-1-2-9-10(5-7)16-4-3-15-9/h1-2,5,8,11H,3-4,6H2,(H,13,14). The average Bonchev–Trinajstić information content (AvgIpc) is 2.26. The lowest BCUT2D eigenvalue weighted by Crippen LogP contribution is -2.31. The molecule has 1 saturated heterocycles. The summed E-state index contributed by atoms with van der Waals surface area (Å²) in [6.07, 6.45) is 0. The molecule has 0 saturated carbocycles. The minimum Gasteiger partial charge on any atom is -0.486 e. The van der Waals surface area contributed by atoms with Gasteiger partial charge in [-0.15, -0.1) is 0 Å². The number of rotatable bonds is 2. The van der Waals surface area contributed by atoms with Gasteiger partial charge in [-0.2, -0.15) is 11.8 Å². The minimum absolute atomic E-state index is 0.0447. The number of hydrogen-bond acceptors (Lipinski definition) is 4. The molecule has 0 aliphatic carbocycles. The average molecular weight is 252 g/mol. The van der Waals surface area contributed by atoms with Gasteiger partial charge >= 0.3 is 5.97 Å². The topological polar surface area (TPSA) is 55.8 Å². The van der Waals surface area contributed by atoms with Gasteiger partial charge in [0.2, 0.25) is 0 Å². The third-order valence-electron chi connectivity index (χ3n) is 3.03. The maximum atomic E-state index is 11.0. The summed E-state index contributed by atoms with van der Waals surface area (Å²) in [5.74, 6) is 1.17. The van der Waals surface area contributed by atoms with Crippen LogP contribution < -0.4 is 9.47 Å². The molecule has 4 nitrogen and oxygen atoms in total. The number of carboxylic acid groups (broad SMARTS) is 1. The number of ether oxygens (including phenoxy) is 2. The van der Waals surface area contributed by atoms with E-state index in [1.54, 1.807) is 11.8 Å². The summed E-state index contributed by atoms with van der Waals surface area (Å²) in [4.78, 5) is 11.0. The van der Waals surface area contributed by atoms with Crippen molar-refractivity contribution in [1.29, 1.82) is 0 Å². The monoisotopic (exact) mass is 252 g/mol. The maximum Gasteiger partial charge on any atom is 0.308 e. The largest absolute Gasteiger partial charge is 0.486 e. The fourth-order valence-corrected chi connectivity index (χ4v) is 3.23. The SMILES string of the molecule is O=C(O)C1CSC1c1ccc2c(c1)OCCO2. The molecule has 1 N–H and O–H groups in total. The summed E-state index contributed by atoms with van der Waals surface area (Å²) in [6, 6.07) is 5.70. The molecule has 90 valence electrons. The summed E-state index contributed by atoms with van der Waals surface area (Å²) in [5, 5.41) is 9.08. The molecule has 1 fully saturated rings. The Bertz CT molecular complexity index is 460. The van der Waals surface area contributed by atoms with E-state index in [2.05, 4.69) is 0 Å². The Hall–Kier alpha value is -1.36. The number of thioether (sulfide) groups is 1. The van der Waals surface area contributed by atoms with Gasteiger partial charge in [0.15, 0.2) is 11.5 Å². The predicted octanol–water partition coefficient (Wildman–Crippen LogP) is 1.95. The second-order valence-electron chi connectivity index (χ2n) is 4.10. The lowest BCUT2D eigenvalue weighted by molar-refractivity contribution is -0.141. The van der Waals surface area contributed by atoms with Crippen molar-refractivity contribution in [3.63, 3.8) is 0 Å². The highest BCUT2D eigenvalue weighted by Gasteiger charge is 2.38. The normalized spacial score (nSPS) is 26.1. The van der Waals surface area contributed by atoms with Crippen molar-refractivity contribution in [3.8, 4) is 11.5 Å². The Morgan fingerprint density at radius 2 is 2.06 bits per heavy atom. The van der Waals surface area contributed by atoms with Crippen LogP contribution in [0.5, 0.6) is 11.5 Å². The Morgan fingerprint density at radius 1 is 1.29 bits per heavy atom. The molecule has 2 heterocycles. The minimum atomic E-state index is -0.719. The summed E-state index contributed by atoms with van der Waals surface area (Å²) >= 11 is 1.67. The molecular weight excluding hydrogens is 240 g/mol. The summed E-state index contributed by atoms with van der Waals surface area (Å²) in [7, 11) is 0. The number of carboxylic acids is 1. The van der Waals surface area contributed by atoms with E-state index >= 15 is 0 Å². The number of carbonyl (C=O) groups is 1. The van der Waals surface area contributed by atoms with Gasteiger partial charge in [-0.1, -0.05) is 6.07 Å². The zero-order chi connectivity index (χ0) is 11.8. The molecule has 0 aromatic heterocycles. The first-order chi connectivity index (χ1) is 8.25. The Labute approximate surface area is 103 Å². The zero-order valence-electron chi connectivity index (χ0n) is 9.09. The number of aliphatic carboxylic acids is 1. The van der Waals surface area contributed by atoms with Gasteiger partial charge < -0.3 is 14.6 Å². The van der Waals surface area contributed by atoms with E-state index < -0.39 is 5.97 Å². The van der Waals surface area contributed by atoms with Crippen LogP contribution in [0.1, 0.15) is 10.8 Å². The van der Waals surface area contributed by atoms with Crippen LogP contribution in [0, 0.1) is 5.92 Å². The van der Waals surface area contributed by atoms with E-state index in [1.807, 2.05) is 18.2 Å². The second-order valence-corrected chi connectivity index (χ2v) is 5.28. The molecule has 2 unspecified atom stereocenters. The van der Waals surface area contributed by atoms with Crippen LogP contribution in [-0.4, -0.2) is 30.0 Å². The molecule has 1 aromatic carbocycles. The highest BCUT2D eigenvalue weighted by molar-refractivity contribution is 8.01. The molecule has 0 bridgehead atoms. The van der Waals surface area contributed by atoms with Crippen LogP contribution in [0.25, 0.3) is 0 Å². The molecule has 1 aromatic rings. The molecule has 0 spiro atoms. The van der Waals surface area contributed by atoms with E-state index in [9.17, 15) is 4.79 Å². The number of benzene rings is 1. The van der Waals surface area contributed by atoms with Crippen molar-refractivity contribution in [2.45, 2.75) is 5.25 Å². The van der Waals surface area contributed by atoms with Gasteiger partial charge in [-0.25, -0.2) is 0 Å².